The maximum absolute atomic E-state index is 9.41. The van der Waals surface area contributed by atoms with E-state index in [0.29, 0.717) is 0 Å². The standard InChI is InChI=1S/C12H21N3O/c1-15-9-14-8-11(15)7-13-6-10-2-4-12(16)5-3-10/h8-10,12-13,16H,2-7H2,1H3. The molecular formula is C12H21N3O. The van der Waals surface area contributed by atoms with Crippen LogP contribution in [-0.4, -0.2) is 27.3 Å². The van der Waals surface area contributed by atoms with Gasteiger partial charge in [0.2, 0.25) is 0 Å². The SMILES string of the molecule is Cn1cncc1CNCC1CCC(O)CC1. The lowest BCUT2D eigenvalue weighted by molar-refractivity contribution is 0.108. The van der Waals surface area contributed by atoms with Crippen LogP contribution < -0.4 is 5.32 Å². The Morgan fingerprint density at radius 1 is 1.44 bits per heavy atom. The van der Waals surface area contributed by atoms with Crippen LogP contribution in [0.15, 0.2) is 12.5 Å². The molecule has 90 valence electrons. The molecule has 2 rings (SSSR count). The zero-order chi connectivity index (χ0) is 11.4. The van der Waals surface area contributed by atoms with Gasteiger partial charge in [-0.05, 0) is 38.1 Å². The van der Waals surface area contributed by atoms with E-state index in [9.17, 15) is 5.11 Å². The second kappa shape index (κ2) is 5.46. The summed E-state index contributed by atoms with van der Waals surface area (Å²) in [6.45, 7) is 1.94. The first kappa shape index (κ1) is 11.6. The number of imidazole rings is 1. The van der Waals surface area contributed by atoms with Gasteiger partial charge in [0.05, 0.1) is 18.1 Å². The molecule has 1 aliphatic carbocycles. The van der Waals surface area contributed by atoms with Crippen molar-refractivity contribution in [2.75, 3.05) is 6.54 Å². The first-order chi connectivity index (χ1) is 7.75. The van der Waals surface area contributed by atoms with Crippen LogP contribution in [0.1, 0.15) is 31.4 Å². The van der Waals surface area contributed by atoms with E-state index in [0.717, 1.165) is 44.7 Å². The molecule has 0 spiro atoms. The first-order valence-electron chi connectivity index (χ1n) is 6.09. The summed E-state index contributed by atoms with van der Waals surface area (Å²) in [7, 11) is 2.01. The summed E-state index contributed by atoms with van der Waals surface area (Å²) in [6.07, 6.45) is 7.93. The molecule has 1 fully saturated rings. The van der Waals surface area contributed by atoms with Crippen molar-refractivity contribution in [1.82, 2.24) is 14.9 Å². The quantitative estimate of drug-likeness (QED) is 0.802. The predicted octanol–water partition coefficient (Wildman–Crippen LogP) is 1.06. The number of aliphatic hydroxyl groups excluding tert-OH is 1. The molecule has 1 aromatic rings. The van der Waals surface area contributed by atoms with Gasteiger partial charge in [0, 0.05) is 19.8 Å². The molecular weight excluding hydrogens is 202 g/mol. The van der Waals surface area contributed by atoms with E-state index in [4.69, 9.17) is 0 Å². The van der Waals surface area contributed by atoms with Crippen LogP contribution in [0.25, 0.3) is 0 Å². The van der Waals surface area contributed by atoms with Crippen LogP contribution in [0.3, 0.4) is 0 Å². The van der Waals surface area contributed by atoms with Gasteiger partial charge in [0.1, 0.15) is 0 Å². The van der Waals surface area contributed by atoms with Crippen LogP contribution in [-0.2, 0) is 13.6 Å². The van der Waals surface area contributed by atoms with Gasteiger partial charge in [0.15, 0.2) is 0 Å². The minimum atomic E-state index is -0.0478. The summed E-state index contributed by atoms with van der Waals surface area (Å²) >= 11 is 0. The number of aliphatic hydroxyl groups is 1. The highest BCUT2D eigenvalue weighted by atomic mass is 16.3. The highest BCUT2D eigenvalue weighted by molar-refractivity contribution is 4.96. The van der Waals surface area contributed by atoms with E-state index < -0.39 is 0 Å². The molecule has 1 aromatic heterocycles. The lowest BCUT2D eigenvalue weighted by atomic mass is 9.87. The monoisotopic (exact) mass is 223 g/mol. The summed E-state index contributed by atoms with van der Waals surface area (Å²) in [6, 6.07) is 0. The molecule has 0 atom stereocenters. The second-order valence-electron chi connectivity index (χ2n) is 4.80. The van der Waals surface area contributed by atoms with Crippen molar-refractivity contribution in [2.45, 2.75) is 38.3 Å². The second-order valence-corrected chi connectivity index (χ2v) is 4.80. The Morgan fingerprint density at radius 3 is 2.81 bits per heavy atom. The van der Waals surface area contributed by atoms with Crippen molar-refractivity contribution < 1.29 is 5.11 Å². The molecule has 0 bridgehead atoms. The molecule has 0 saturated heterocycles. The third-order valence-electron chi connectivity index (χ3n) is 3.47. The van der Waals surface area contributed by atoms with Gasteiger partial charge in [-0.3, -0.25) is 0 Å². The summed E-state index contributed by atoms with van der Waals surface area (Å²) in [5.41, 5.74) is 1.22. The van der Waals surface area contributed by atoms with Crippen LogP contribution in [0.2, 0.25) is 0 Å². The Bertz CT molecular complexity index is 316. The number of hydrogen-bond acceptors (Lipinski definition) is 3. The lowest BCUT2D eigenvalue weighted by Crippen LogP contribution is -2.28. The molecule has 0 aromatic carbocycles. The summed E-state index contributed by atoms with van der Waals surface area (Å²) in [5, 5.41) is 12.9. The molecule has 4 nitrogen and oxygen atoms in total. The summed E-state index contributed by atoms with van der Waals surface area (Å²) in [4.78, 5) is 4.09. The van der Waals surface area contributed by atoms with Crippen molar-refractivity contribution in [3.05, 3.63) is 18.2 Å². The number of nitrogens with one attached hydrogen (secondary N) is 1. The molecule has 1 aliphatic rings. The maximum Gasteiger partial charge on any atom is 0.0945 e. The van der Waals surface area contributed by atoms with E-state index in [1.807, 2.05) is 24.1 Å². The predicted molar refractivity (Wildman–Crippen MR) is 62.9 cm³/mol. The third-order valence-corrected chi connectivity index (χ3v) is 3.47. The van der Waals surface area contributed by atoms with Gasteiger partial charge in [-0.2, -0.15) is 0 Å². The zero-order valence-electron chi connectivity index (χ0n) is 9.89. The molecule has 0 unspecified atom stereocenters. The Labute approximate surface area is 96.7 Å². The average molecular weight is 223 g/mol. The van der Waals surface area contributed by atoms with Crippen LogP contribution in [0, 0.1) is 5.92 Å². The summed E-state index contributed by atoms with van der Waals surface area (Å²) < 4.78 is 2.04. The topological polar surface area (TPSA) is 50.1 Å². The van der Waals surface area contributed by atoms with E-state index in [1.165, 1.54) is 5.69 Å². The van der Waals surface area contributed by atoms with Crippen LogP contribution >= 0.6 is 0 Å². The Kier molecular flexibility index (Phi) is 3.96. The number of aromatic nitrogens is 2. The molecule has 0 radical (unpaired) electrons. The zero-order valence-corrected chi connectivity index (χ0v) is 9.89. The third kappa shape index (κ3) is 3.06. The molecule has 16 heavy (non-hydrogen) atoms. The van der Waals surface area contributed by atoms with E-state index >= 15 is 0 Å². The van der Waals surface area contributed by atoms with E-state index in [2.05, 4.69) is 10.3 Å². The van der Waals surface area contributed by atoms with E-state index in [1.54, 1.807) is 0 Å². The molecule has 1 saturated carbocycles. The number of nitrogens with zero attached hydrogens (tertiary/aromatic N) is 2. The maximum atomic E-state index is 9.41. The Morgan fingerprint density at radius 2 is 2.19 bits per heavy atom. The van der Waals surface area contributed by atoms with Crippen molar-refractivity contribution in [3.63, 3.8) is 0 Å². The van der Waals surface area contributed by atoms with Gasteiger partial charge in [0.25, 0.3) is 0 Å². The molecule has 0 aliphatic heterocycles. The highest BCUT2D eigenvalue weighted by Crippen LogP contribution is 2.23. The van der Waals surface area contributed by atoms with Crippen molar-refractivity contribution in [2.24, 2.45) is 13.0 Å². The van der Waals surface area contributed by atoms with Gasteiger partial charge in [-0.1, -0.05) is 0 Å². The number of hydrogen-bond donors (Lipinski definition) is 2. The minimum Gasteiger partial charge on any atom is -0.393 e. The van der Waals surface area contributed by atoms with Gasteiger partial charge >= 0.3 is 0 Å². The van der Waals surface area contributed by atoms with Crippen molar-refractivity contribution in [1.29, 1.82) is 0 Å². The fourth-order valence-electron chi connectivity index (χ4n) is 2.31. The smallest absolute Gasteiger partial charge is 0.0945 e. The van der Waals surface area contributed by atoms with Gasteiger partial charge in [-0.25, -0.2) is 4.98 Å². The molecule has 4 heteroatoms. The van der Waals surface area contributed by atoms with Crippen molar-refractivity contribution >= 4 is 0 Å². The summed E-state index contributed by atoms with van der Waals surface area (Å²) in [5.74, 6) is 0.733. The molecule has 0 amide bonds. The number of aryl methyl sites for hydroxylation is 1. The fraction of sp³-hybridized carbons (Fsp3) is 0.750. The lowest BCUT2D eigenvalue weighted by Gasteiger charge is -2.25. The Balaban J connectivity index is 1.67. The van der Waals surface area contributed by atoms with Gasteiger partial charge in [-0.15, -0.1) is 0 Å². The van der Waals surface area contributed by atoms with Crippen LogP contribution in [0.5, 0.6) is 0 Å². The Hall–Kier alpha value is -0.870. The first-order valence-corrected chi connectivity index (χ1v) is 6.09. The van der Waals surface area contributed by atoms with E-state index in [-0.39, 0.29) is 6.10 Å². The van der Waals surface area contributed by atoms with Crippen LogP contribution in [0.4, 0.5) is 0 Å². The highest BCUT2D eigenvalue weighted by Gasteiger charge is 2.18. The molecule has 1 heterocycles. The van der Waals surface area contributed by atoms with Gasteiger partial charge < -0.3 is 15.0 Å². The fourth-order valence-corrected chi connectivity index (χ4v) is 2.31. The minimum absolute atomic E-state index is 0.0478. The average Bonchev–Trinajstić information content (AvgIpc) is 2.68. The number of rotatable bonds is 4. The normalized spacial score (nSPS) is 25.9. The van der Waals surface area contributed by atoms with Crippen molar-refractivity contribution in [3.8, 4) is 0 Å². The molecule has 2 N–H and O–H groups in total. The largest absolute Gasteiger partial charge is 0.393 e.